The number of hydrogen-bond acceptors (Lipinski definition) is 1. The van der Waals surface area contributed by atoms with E-state index in [2.05, 4.69) is 54.9 Å². The Morgan fingerprint density at radius 1 is 1.00 bits per heavy atom. The van der Waals surface area contributed by atoms with Crippen molar-refractivity contribution in [3.05, 3.63) is 53.7 Å². The molecule has 1 fully saturated rings. The highest BCUT2D eigenvalue weighted by atomic mass is 14.8. The van der Waals surface area contributed by atoms with E-state index in [4.69, 9.17) is 0 Å². The Labute approximate surface area is 131 Å². The molecule has 1 aliphatic heterocycles. The zero-order valence-corrected chi connectivity index (χ0v) is 14.4. The maximum Gasteiger partial charge on any atom is 0.0328 e. The van der Waals surface area contributed by atoms with E-state index in [1.54, 1.807) is 0 Å². The fraction of sp³-hybridized carbons (Fsp3) is 0.500. The third-order valence-electron chi connectivity index (χ3n) is 4.15. The van der Waals surface area contributed by atoms with Gasteiger partial charge in [-0.05, 0) is 41.4 Å². The van der Waals surface area contributed by atoms with Crippen LogP contribution in [0, 0.1) is 0 Å². The molecule has 1 aliphatic carbocycles. The highest BCUT2D eigenvalue weighted by molar-refractivity contribution is 5.74. The van der Waals surface area contributed by atoms with Gasteiger partial charge in [0.05, 0.1) is 0 Å². The van der Waals surface area contributed by atoms with Gasteiger partial charge in [-0.15, -0.1) is 0 Å². The summed E-state index contributed by atoms with van der Waals surface area (Å²) in [6, 6.07) is 9.15. The molecule has 21 heavy (non-hydrogen) atoms. The van der Waals surface area contributed by atoms with Crippen molar-refractivity contribution >= 4 is 5.57 Å². The van der Waals surface area contributed by atoms with Crippen LogP contribution in [0.4, 0.5) is 0 Å². The fourth-order valence-electron chi connectivity index (χ4n) is 2.66. The van der Waals surface area contributed by atoms with E-state index in [0.29, 0.717) is 5.41 Å². The molecule has 116 valence electrons. The second-order valence-corrected chi connectivity index (χ2v) is 5.12. The molecule has 3 rings (SSSR count). The van der Waals surface area contributed by atoms with E-state index in [1.165, 1.54) is 36.0 Å². The number of dihydropyridines is 1. The summed E-state index contributed by atoms with van der Waals surface area (Å²) >= 11 is 0. The number of hydrogen-bond donors (Lipinski definition) is 1. The Morgan fingerprint density at radius 3 is 2.05 bits per heavy atom. The van der Waals surface area contributed by atoms with Gasteiger partial charge >= 0.3 is 0 Å². The van der Waals surface area contributed by atoms with E-state index in [0.717, 1.165) is 6.54 Å². The van der Waals surface area contributed by atoms with Crippen molar-refractivity contribution in [2.75, 3.05) is 6.54 Å². The SMILES string of the molecule is CC.CC.CCC1(c2ccc(C3=CNCC=C3)cc2)CC1. The van der Waals surface area contributed by atoms with E-state index in [1.807, 2.05) is 27.7 Å². The lowest BCUT2D eigenvalue weighted by molar-refractivity contribution is 0.664. The summed E-state index contributed by atoms with van der Waals surface area (Å²) in [7, 11) is 0. The highest BCUT2D eigenvalue weighted by Gasteiger charge is 2.41. The van der Waals surface area contributed by atoms with Crippen molar-refractivity contribution in [2.45, 2.75) is 59.3 Å². The average Bonchev–Trinajstić information content (AvgIpc) is 3.41. The molecule has 2 aliphatic rings. The Morgan fingerprint density at radius 2 is 1.62 bits per heavy atom. The van der Waals surface area contributed by atoms with Gasteiger partial charge in [0.2, 0.25) is 0 Å². The van der Waals surface area contributed by atoms with Crippen LogP contribution >= 0.6 is 0 Å². The van der Waals surface area contributed by atoms with Crippen LogP contribution in [-0.2, 0) is 5.41 Å². The lowest BCUT2D eigenvalue weighted by Gasteiger charge is -2.14. The molecule has 1 heterocycles. The van der Waals surface area contributed by atoms with E-state index in [9.17, 15) is 0 Å². The lowest BCUT2D eigenvalue weighted by atomic mass is 9.91. The number of benzene rings is 1. The third-order valence-corrected chi connectivity index (χ3v) is 4.15. The zero-order valence-electron chi connectivity index (χ0n) is 14.4. The standard InChI is InChI=1S/C16H19N.2C2H6/c1-2-16(9-10-16)15-7-5-13(6-8-15)14-4-3-11-17-12-14;2*1-2/h3-8,12,17H,2,9-11H2,1H3;2*1-2H3. The predicted molar refractivity (Wildman–Crippen MR) is 95.5 cm³/mol. The second-order valence-electron chi connectivity index (χ2n) is 5.12. The smallest absolute Gasteiger partial charge is 0.0328 e. The van der Waals surface area contributed by atoms with Gasteiger partial charge in [-0.25, -0.2) is 0 Å². The molecular formula is C20H31N. The lowest BCUT2D eigenvalue weighted by Crippen LogP contribution is -2.09. The first kappa shape index (κ1) is 17.6. The fourth-order valence-corrected chi connectivity index (χ4v) is 2.66. The van der Waals surface area contributed by atoms with E-state index < -0.39 is 0 Å². The van der Waals surface area contributed by atoms with Gasteiger partial charge in [-0.1, -0.05) is 71.0 Å². The van der Waals surface area contributed by atoms with Crippen LogP contribution in [0.25, 0.3) is 5.57 Å². The van der Waals surface area contributed by atoms with Crippen molar-refractivity contribution in [1.29, 1.82) is 0 Å². The molecule has 0 saturated heterocycles. The molecule has 0 spiro atoms. The van der Waals surface area contributed by atoms with Crippen molar-refractivity contribution in [3.63, 3.8) is 0 Å². The normalized spacial score (nSPS) is 17.3. The number of nitrogens with one attached hydrogen (secondary N) is 1. The molecular weight excluding hydrogens is 254 g/mol. The Kier molecular flexibility index (Phi) is 7.28. The van der Waals surface area contributed by atoms with Gasteiger partial charge < -0.3 is 5.32 Å². The maximum absolute atomic E-state index is 3.25. The summed E-state index contributed by atoms with van der Waals surface area (Å²) < 4.78 is 0. The summed E-state index contributed by atoms with van der Waals surface area (Å²) in [6.45, 7) is 11.2. The minimum Gasteiger partial charge on any atom is -0.387 e. The number of rotatable bonds is 3. The maximum atomic E-state index is 3.25. The first-order valence-corrected chi connectivity index (χ1v) is 8.55. The number of allylic oxidation sites excluding steroid dienone is 2. The van der Waals surface area contributed by atoms with Crippen molar-refractivity contribution in [1.82, 2.24) is 5.32 Å². The van der Waals surface area contributed by atoms with E-state index in [-0.39, 0.29) is 0 Å². The molecule has 0 unspecified atom stereocenters. The second kappa shape index (κ2) is 8.71. The Hall–Kier alpha value is -1.50. The molecule has 1 N–H and O–H groups in total. The third kappa shape index (κ3) is 4.23. The molecule has 1 heteroatoms. The highest BCUT2D eigenvalue weighted by Crippen LogP contribution is 2.50. The minimum atomic E-state index is 0.521. The van der Waals surface area contributed by atoms with Crippen molar-refractivity contribution < 1.29 is 0 Å². The summed E-state index contributed by atoms with van der Waals surface area (Å²) in [6.07, 6.45) is 10.5. The first-order valence-electron chi connectivity index (χ1n) is 8.55. The average molecular weight is 285 g/mol. The summed E-state index contributed by atoms with van der Waals surface area (Å²) in [5.41, 5.74) is 4.64. The van der Waals surface area contributed by atoms with Gasteiger partial charge in [-0.2, -0.15) is 0 Å². The Bertz CT molecular complexity index is 461. The minimum absolute atomic E-state index is 0.521. The molecule has 1 saturated carbocycles. The quantitative estimate of drug-likeness (QED) is 0.753. The van der Waals surface area contributed by atoms with E-state index >= 15 is 0 Å². The van der Waals surface area contributed by atoms with Crippen LogP contribution in [0.15, 0.2) is 42.6 Å². The summed E-state index contributed by atoms with van der Waals surface area (Å²) in [5.74, 6) is 0. The molecule has 0 aromatic heterocycles. The molecule has 0 atom stereocenters. The zero-order chi connectivity index (χ0) is 15.7. The predicted octanol–water partition coefficient (Wildman–Crippen LogP) is 5.68. The molecule has 1 nitrogen and oxygen atoms in total. The van der Waals surface area contributed by atoms with Gasteiger partial charge in [-0.3, -0.25) is 0 Å². The van der Waals surface area contributed by atoms with Crippen LogP contribution in [0.3, 0.4) is 0 Å². The molecule has 0 radical (unpaired) electrons. The first-order chi connectivity index (χ1) is 10.3. The summed E-state index contributed by atoms with van der Waals surface area (Å²) in [5, 5.41) is 3.25. The topological polar surface area (TPSA) is 12.0 Å². The van der Waals surface area contributed by atoms with Crippen molar-refractivity contribution in [2.24, 2.45) is 0 Å². The van der Waals surface area contributed by atoms with Gasteiger partial charge in [0, 0.05) is 12.7 Å². The Balaban J connectivity index is 0.000000510. The molecule has 0 amide bonds. The monoisotopic (exact) mass is 285 g/mol. The molecule has 1 aromatic carbocycles. The van der Waals surface area contributed by atoms with Gasteiger partial charge in [0.25, 0.3) is 0 Å². The molecule has 1 aromatic rings. The van der Waals surface area contributed by atoms with Crippen LogP contribution in [0.2, 0.25) is 0 Å². The molecule has 0 bridgehead atoms. The van der Waals surface area contributed by atoms with Crippen LogP contribution in [0.1, 0.15) is 65.0 Å². The van der Waals surface area contributed by atoms with Gasteiger partial charge in [0.1, 0.15) is 0 Å². The van der Waals surface area contributed by atoms with Crippen LogP contribution < -0.4 is 5.32 Å². The van der Waals surface area contributed by atoms with Crippen LogP contribution in [-0.4, -0.2) is 6.54 Å². The van der Waals surface area contributed by atoms with Crippen LogP contribution in [0.5, 0.6) is 0 Å². The van der Waals surface area contributed by atoms with Gasteiger partial charge in [0.15, 0.2) is 0 Å². The summed E-state index contributed by atoms with van der Waals surface area (Å²) in [4.78, 5) is 0. The van der Waals surface area contributed by atoms with Crippen molar-refractivity contribution in [3.8, 4) is 0 Å². The largest absolute Gasteiger partial charge is 0.387 e.